The number of ketones is 1. The second-order valence-electron chi connectivity index (χ2n) is 9.42. The molecule has 0 saturated carbocycles. The number of halogens is 4. The molecule has 37 heavy (non-hydrogen) atoms. The number of piperidine rings is 1. The van der Waals surface area contributed by atoms with Crippen LogP contribution in [0.25, 0.3) is 10.9 Å². The molecule has 4 aromatic rings. The third-order valence-electron chi connectivity index (χ3n) is 7.14. The van der Waals surface area contributed by atoms with E-state index in [9.17, 15) is 18.4 Å². The lowest BCUT2D eigenvalue weighted by Crippen LogP contribution is -2.40. The van der Waals surface area contributed by atoms with Gasteiger partial charge in [0.25, 0.3) is 0 Å². The Bertz CT molecular complexity index is 1590. The lowest BCUT2D eigenvalue weighted by Gasteiger charge is -2.33. The Labute approximate surface area is 214 Å². The van der Waals surface area contributed by atoms with Gasteiger partial charge in [-0.1, -0.05) is 23.7 Å². The maximum atomic E-state index is 15.3. The van der Waals surface area contributed by atoms with E-state index in [1.54, 1.807) is 22.8 Å². The summed E-state index contributed by atoms with van der Waals surface area (Å²) in [5.74, 6) is -3.69. The van der Waals surface area contributed by atoms with Crippen LogP contribution in [0.4, 0.5) is 13.2 Å². The zero-order valence-electron chi connectivity index (χ0n) is 19.4. The highest BCUT2D eigenvalue weighted by Gasteiger charge is 2.48. The number of esters is 1. The summed E-state index contributed by atoms with van der Waals surface area (Å²) < 4.78 is 50.3. The first-order valence-corrected chi connectivity index (χ1v) is 12.2. The third-order valence-corrected chi connectivity index (χ3v) is 7.38. The first-order chi connectivity index (χ1) is 17.8. The molecule has 1 saturated heterocycles. The predicted octanol–water partition coefficient (Wildman–Crippen LogP) is 5.74. The first kappa shape index (κ1) is 23.8. The number of nitrogens with one attached hydrogen (secondary N) is 1. The second-order valence-corrected chi connectivity index (χ2v) is 9.85. The van der Waals surface area contributed by atoms with Crippen LogP contribution in [-0.2, 0) is 16.9 Å². The molecule has 0 radical (unpaired) electrons. The van der Waals surface area contributed by atoms with Crippen LogP contribution < -0.4 is 5.32 Å². The van der Waals surface area contributed by atoms with E-state index < -0.39 is 34.8 Å². The molecular formula is C28H20ClF3N2O3. The van der Waals surface area contributed by atoms with Crippen molar-refractivity contribution in [3.63, 3.8) is 0 Å². The number of rotatable bonds is 4. The number of aromatic nitrogens is 1. The van der Waals surface area contributed by atoms with Crippen LogP contribution in [0.2, 0.25) is 5.02 Å². The summed E-state index contributed by atoms with van der Waals surface area (Å²) in [6, 6.07) is 10.7. The van der Waals surface area contributed by atoms with Crippen molar-refractivity contribution in [1.29, 1.82) is 0 Å². The summed E-state index contributed by atoms with van der Waals surface area (Å²) in [4.78, 5) is 26.9. The molecule has 0 bridgehead atoms. The summed E-state index contributed by atoms with van der Waals surface area (Å²) in [5, 5.41) is 4.07. The summed E-state index contributed by atoms with van der Waals surface area (Å²) in [5.41, 5.74) is 0.226. The summed E-state index contributed by atoms with van der Waals surface area (Å²) in [7, 11) is 0. The van der Waals surface area contributed by atoms with Crippen molar-refractivity contribution < 1.29 is 27.5 Å². The number of fused-ring (bicyclic) bond motifs is 3. The standard InChI is InChI=1S/C28H20ClF3N2O3/c29-16-1-2-19-20(14-34(23(19)11-16)13-15-9-17(30)12-18(31)10-15)26(35)25-22(32)4-3-21-24(25)27(36)37-28(21)5-7-33-8-6-28/h1-4,9-12,14,33H,5-8,13H2. The van der Waals surface area contributed by atoms with Crippen molar-refractivity contribution in [3.8, 4) is 0 Å². The zero-order valence-corrected chi connectivity index (χ0v) is 20.2. The Morgan fingerprint density at radius 2 is 1.76 bits per heavy atom. The molecule has 2 aliphatic rings. The topological polar surface area (TPSA) is 60.3 Å². The summed E-state index contributed by atoms with van der Waals surface area (Å²) in [6.45, 7) is 1.29. The maximum absolute atomic E-state index is 15.3. The van der Waals surface area contributed by atoms with Gasteiger partial charge in [-0.2, -0.15) is 0 Å². The van der Waals surface area contributed by atoms with Crippen molar-refractivity contribution in [2.75, 3.05) is 13.1 Å². The molecule has 0 atom stereocenters. The smallest absolute Gasteiger partial charge is 0.340 e. The van der Waals surface area contributed by atoms with Crippen molar-refractivity contribution in [1.82, 2.24) is 9.88 Å². The van der Waals surface area contributed by atoms with Gasteiger partial charge in [-0.3, -0.25) is 4.79 Å². The van der Waals surface area contributed by atoms with Crippen molar-refractivity contribution in [2.45, 2.75) is 25.0 Å². The Morgan fingerprint density at radius 3 is 2.49 bits per heavy atom. The Hall–Kier alpha value is -3.62. The van der Waals surface area contributed by atoms with Crippen molar-refractivity contribution in [3.05, 3.63) is 105 Å². The van der Waals surface area contributed by atoms with E-state index in [-0.39, 0.29) is 23.2 Å². The second kappa shape index (κ2) is 8.75. The highest BCUT2D eigenvalue weighted by atomic mass is 35.5. The Kier molecular flexibility index (Phi) is 5.62. The molecule has 1 spiro atoms. The van der Waals surface area contributed by atoms with E-state index in [1.165, 1.54) is 30.5 Å². The fourth-order valence-corrected chi connectivity index (χ4v) is 5.65. The van der Waals surface area contributed by atoms with Gasteiger partial charge in [0.05, 0.1) is 16.6 Å². The number of nitrogens with zero attached hydrogens (tertiary/aromatic N) is 1. The average molecular weight is 525 g/mol. The van der Waals surface area contributed by atoms with Crippen LogP contribution in [0.15, 0.2) is 54.7 Å². The van der Waals surface area contributed by atoms with E-state index >= 15 is 4.39 Å². The first-order valence-electron chi connectivity index (χ1n) is 11.8. The molecule has 1 fully saturated rings. The fraction of sp³-hybridized carbons (Fsp3) is 0.214. The number of hydrogen-bond acceptors (Lipinski definition) is 4. The SMILES string of the molecule is O=C1OC2(CCNCC2)c2ccc(F)c(C(=O)c3cn(Cc4cc(F)cc(F)c4)c4cc(Cl)ccc34)c21. The Morgan fingerprint density at radius 1 is 1.03 bits per heavy atom. The molecule has 0 amide bonds. The highest BCUT2D eigenvalue weighted by Crippen LogP contribution is 2.45. The Balaban J connectivity index is 1.49. The molecule has 1 aromatic heterocycles. The lowest BCUT2D eigenvalue weighted by molar-refractivity contribution is -0.0242. The van der Waals surface area contributed by atoms with E-state index in [2.05, 4.69) is 5.32 Å². The van der Waals surface area contributed by atoms with E-state index in [4.69, 9.17) is 16.3 Å². The van der Waals surface area contributed by atoms with Crippen LogP contribution in [0.5, 0.6) is 0 Å². The third kappa shape index (κ3) is 3.91. The van der Waals surface area contributed by atoms with Crippen molar-refractivity contribution in [2.24, 2.45) is 0 Å². The monoisotopic (exact) mass is 524 g/mol. The van der Waals surface area contributed by atoms with Gasteiger partial charge >= 0.3 is 5.97 Å². The fourth-order valence-electron chi connectivity index (χ4n) is 5.49. The highest BCUT2D eigenvalue weighted by molar-refractivity contribution is 6.31. The van der Waals surface area contributed by atoms with Crippen LogP contribution in [-0.4, -0.2) is 29.4 Å². The van der Waals surface area contributed by atoms with Crippen LogP contribution in [0.1, 0.15) is 50.2 Å². The number of benzene rings is 3. The van der Waals surface area contributed by atoms with Gasteiger partial charge in [0.2, 0.25) is 0 Å². The quantitative estimate of drug-likeness (QED) is 0.273. The molecule has 5 nitrogen and oxygen atoms in total. The molecule has 9 heteroatoms. The van der Waals surface area contributed by atoms with E-state index in [0.29, 0.717) is 53.0 Å². The number of hydrogen-bond donors (Lipinski definition) is 1. The molecule has 3 heterocycles. The van der Waals surface area contributed by atoms with Gasteiger partial charge in [-0.15, -0.1) is 0 Å². The van der Waals surface area contributed by atoms with Gasteiger partial charge in [0.15, 0.2) is 5.78 Å². The molecular weight excluding hydrogens is 505 g/mol. The van der Waals surface area contributed by atoms with Crippen LogP contribution in [0.3, 0.4) is 0 Å². The number of ether oxygens (including phenoxy) is 1. The minimum absolute atomic E-state index is 0.0341. The maximum Gasteiger partial charge on any atom is 0.340 e. The van der Waals surface area contributed by atoms with Crippen molar-refractivity contribution >= 4 is 34.3 Å². The lowest BCUT2D eigenvalue weighted by atomic mass is 9.82. The minimum Gasteiger partial charge on any atom is -0.450 e. The van der Waals surface area contributed by atoms with Crippen LogP contribution in [0, 0.1) is 17.5 Å². The molecule has 6 rings (SSSR count). The average Bonchev–Trinajstić information content (AvgIpc) is 3.33. The van der Waals surface area contributed by atoms with Gasteiger partial charge in [-0.25, -0.2) is 18.0 Å². The molecule has 1 N–H and O–H groups in total. The van der Waals surface area contributed by atoms with E-state index in [1.807, 2.05) is 0 Å². The zero-order chi connectivity index (χ0) is 25.9. The minimum atomic E-state index is -0.886. The molecule has 0 aliphatic carbocycles. The van der Waals surface area contributed by atoms with Gasteiger partial charge < -0.3 is 14.6 Å². The number of carbonyl (C=O) groups excluding carboxylic acids is 2. The molecule has 2 aliphatic heterocycles. The van der Waals surface area contributed by atoms with E-state index in [0.717, 1.165) is 6.07 Å². The number of carbonyl (C=O) groups is 2. The summed E-state index contributed by atoms with van der Waals surface area (Å²) >= 11 is 6.21. The van der Waals surface area contributed by atoms with Crippen LogP contribution >= 0.6 is 11.6 Å². The summed E-state index contributed by atoms with van der Waals surface area (Å²) in [6.07, 6.45) is 2.53. The molecule has 3 aromatic carbocycles. The van der Waals surface area contributed by atoms with Gasteiger partial charge in [0.1, 0.15) is 23.1 Å². The predicted molar refractivity (Wildman–Crippen MR) is 131 cm³/mol. The molecule has 0 unspecified atom stereocenters. The van der Waals surface area contributed by atoms with Gasteiger partial charge in [-0.05, 0) is 49.0 Å². The largest absolute Gasteiger partial charge is 0.450 e. The van der Waals surface area contributed by atoms with Gasteiger partial charge in [0, 0.05) is 53.2 Å². The normalized spacial score (nSPS) is 16.3. The molecule has 188 valence electrons.